The maximum Gasteiger partial charge on any atom is 0.165 e. The van der Waals surface area contributed by atoms with Crippen molar-refractivity contribution >= 4 is 170 Å². The lowest BCUT2D eigenvalue weighted by Gasteiger charge is -2.11. The minimum atomic E-state index is 0.542. The fourth-order valence-electron chi connectivity index (χ4n) is 16.4. The zero-order valence-electron chi connectivity index (χ0n) is 59.9. The number of thiophene rings is 4. The summed E-state index contributed by atoms with van der Waals surface area (Å²) in [7, 11) is 0. The third-order valence-electron chi connectivity index (χ3n) is 21.7. The summed E-state index contributed by atoms with van der Waals surface area (Å²) >= 11 is 6.91. The van der Waals surface area contributed by atoms with Gasteiger partial charge >= 0.3 is 0 Å². The van der Waals surface area contributed by atoms with E-state index in [0.29, 0.717) is 68.9 Å². The number of fused-ring (bicyclic) bond motifs is 18. The molecule has 24 rings (SSSR count). The number of para-hydroxylation sites is 2. The molecule has 14 aromatic carbocycles. The quantitative estimate of drug-likeness (QED) is 0.121. The summed E-state index contributed by atoms with van der Waals surface area (Å²) in [6, 6.07) is 109. The van der Waals surface area contributed by atoms with Gasteiger partial charge < -0.3 is 8.83 Å². The van der Waals surface area contributed by atoms with Crippen LogP contribution < -0.4 is 0 Å². The molecule has 0 aliphatic rings. The summed E-state index contributed by atoms with van der Waals surface area (Å²) in [5.74, 6) is 4.60. The van der Waals surface area contributed by atoms with E-state index in [1.807, 2.05) is 84.9 Å². The molecule has 10 heterocycles. The standard InChI is InChI=1S/C98H52N10O2S4/c1-3-22-53(23-4-1)91-103-95(59-48-49-62-60-30-7-11-44-75(60)111-79(62)52-59)107-96(104-91)68-37-20-42-73-80(68)66-35-18-39-70(86(66)109-73)84-89-82(64-32-9-13-46-77(64)113-89)99-93(101-84)57-28-15-26-55(50-57)56-27-16-29-58(51-56)94-100-83-65-33-10-14-47-78(65)114-90(83)85(102-94)71-40-19-36-67-81-69(38-21-43-74(81)110-87(67)71)97-105-92(54-24-5-2-6-25-54)106-98(108-97)72-41-17-34-63-61-31-8-12-45-76(61)112-88(63)72/h1-52H. The molecule has 0 fully saturated rings. The van der Waals surface area contributed by atoms with E-state index in [1.54, 1.807) is 45.3 Å². The molecule has 0 amide bonds. The number of furan rings is 2. The maximum absolute atomic E-state index is 7.14. The van der Waals surface area contributed by atoms with Gasteiger partial charge in [0.25, 0.3) is 0 Å². The van der Waals surface area contributed by atoms with Crippen LogP contribution in [-0.2, 0) is 0 Å². The first-order chi connectivity index (χ1) is 56.4. The highest BCUT2D eigenvalue weighted by molar-refractivity contribution is 7.27. The highest BCUT2D eigenvalue weighted by Gasteiger charge is 2.28. The highest BCUT2D eigenvalue weighted by Crippen LogP contribution is 2.49. The Balaban J connectivity index is 0.616. The van der Waals surface area contributed by atoms with Crippen LogP contribution in [0.3, 0.4) is 0 Å². The number of aromatic nitrogens is 10. The molecule has 0 radical (unpaired) electrons. The van der Waals surface area contributed by atoms with Crippen molar-refractivity contribution < 1.29 is 8.83 Å². The topological polar surface area (TPSA) is 155 Å². The van der Waals surface area contributed by atoms with Gasteiger partial charge in [-0.2, -0.15) is 0 Å². The Bertz CT molecular complexity index is 8160. The Kier molecular flexibility index (Phi) is 14.5. The molecule has 16 heteroatoms. The van der Waals surface area contributed by atoms with Crippen LogP contribution in [0.5, 0.6) is 0 Å². The average Bonchev–Trinajstić information content (AvgIpc) is 1.57. The lowest BCUT2D eigenvalue weighted by atomic mass is 9.99. The fraction of sp³-hybridized carbons (Fsp3) is 0. The lowest BCUT2D eigenvalue weighted by molar-refractivity contribution is 0.669. The van der Waals surface area contributed by atoms with Crippen LogP contribution in [0.25, 0.3) is 250 Å². The smallest absolute Gasteiger partial charge is 0.165 e. The predicted octanol–water partition coefficient (Wildman–Crippen LogP) is 27.2. The largest absolute Gasteiger partial charge is 0.455 e. The monoisotopic (exact) mass is 1530 g/mol. The van der Waals surface area contributed by atoms with Gasteiger partial charge in [-0.3, -0.25) is 0 Å². The molecule has 12 nitrogen and oxygen atoms in total. The van der Waals surface area contributed by atoms with Crippen molar-refractivity contribution in [2.45, 2.75) is 0 Å². The molecule has 0 saturated heterocycles. The van der Waals surface area contributed by atoms with Crippen molar-refractivity contribution in [1.29, 1.82) is 0 Å². The molecule has 0 N–H and O–H groups in total. The van der Waals surface area contributed by atoms with Crippen molar-refractivity contribution in [3.63, 3.8) is 0 Å². The summed E-state index contributed by atoms with van der Waals surface area (Å²) in [5.41, 5.74) is 16.7. The van der Waals surface area contributed by atoms with Gasteiger partial charge in [0.1, 0.15) is 22.3 Å². The molecular formula is C98H52N10O2S4. The van der Waals surface area contributed by atoms with Crippen LogP contribution in [0.2, 0.25) is 0 Å². The Hall–Kier alpha value is -14.3. The van der Waals surface area contributed by atoms with E-state index < -0.39 is 0 Å². The summed E-state index contributed by atoms with van der Waals surface area (Å²) in [6.07, 6.45) is 0. The molecule has 0 aliphatic heterocycles. The molecule has 0 atom stereocenters. The number of hydrogen-bond donors (Lipinski definition) is 0. The van der Waals surface area contributed by atoms with Crippen molar-refractivity contribution in [1.82, 2.24) is 49.8 Å². The van der Waals surface area contributed by atoms with Crippen molar-refractivity contribution in [2.24, 2.45) is 0 Å². The van der Waals surface area contributed by atoms with E-state index in [2.05, 4.69) is 231 Å². The van der Waals surface area contributed by atoms with Crippen LogP contribution >= 0.6 is 45.3 Å². The Morgan fingerprint density at radius 3 is 1.07 bits per heavy atom. The summed E-state index contributed by atoms with van der Waals surface area (Å²) < 4.78 is 23.2. The van der Waals surface area contributed by atoms with E-state index in [-0.39, 0.29) is 0 Å². The summed E-state index contributed by atoms with van der Waals surface area (Å²) in [6.45, 7) is 0. The van der Waals surface area contributed by atoms with Crippen molar-refractivity contribution in [2.75, 3.05) is 0 Å². The second-order valence-electron chi connectivity index (χ2n) is 28.4. The number of benzene rings is 14. The molecule has 530 valence electrons. The van der Waals surface area contributed by atoms with Crippen molar-refractivity contribution in [3.8, 4) is 125 Å². The molecule has 0 saturated carbocycles. The SMILES string of the molecule is c1ccc(-c2nc(-c3ccc4c(c3)sc3ccccc34)nc(-c3cccc4oc5c(-c6nc(-c7cccc(-c8cccc(-c9nc(-c%10cccc%11c%10oc%10cccc(-c%12nc(-c%13ccccc%13)nc(-c%13cccc%14c%13sc%13ccccc%13%14)n%12)c%10%11)c%10sc%11ccccc%11c%10n9)c8)c7)nc7c6sc6ccccc67)cccc5c34)n2)cc1. The molecule has 0 aliphatic carbocycles. The summed E-state index contributed by atoms with van der Waals surface area (Å²) in [5, 5.41) is 10.6. The van der Waals surface area contributed by atoms with Crippen LogP contribution in [0.4, 0.5) is 0 Å². The minimum Gasteiger partial charge on any atom is -0.455 e. The molecule has 0 spiro atoms. The van der Waals surface area contributed by atoms with E-state index in [1.165, 1.54) is 35.6 Å². The normalized spacial score (nSPS) is 12.0. The van der Waals surface area contributed by atoms with E-state index in [4.69, 9.17) is 58.7 Å². The zero-order valence-corrected chi connectivity index (χ0v) is 63.2. The molecule has 24 aromatic rings. The van der Waals surface area contributed by atoms with Crippen LogP contribution in [0.1, 0.15) is 0 Å². The first-order valence-electron chi connectivity index (χ1n) is 37.4. The lowest BCUT2D eigenvalue weighted by Crippen LogP contribution is -2.00. The Morgan fingerprint density at radius 1 is 0.193 bits per heavy atom. The van der Waals surface area contributed by atoms with Crippen LogP contribution in [0.15, 0.2) is 324 Å². The minimum absolute atomic E-state index is 0.542. The van der Waals surface area contributed by atoms with Gasteiger partial charge in [-0.25, -0.2) is 49.8 Å². The second kappa shape index (κ2) is 25.7. The Labute approximate surface area is 664 Å². The number of nitrogens with zero attached hydrogens (tertiary/aromatic N) is 10. The van der Waals surface area contributed by atoms with Crippen molar-refractivity contribution in [3.05, 3.63) is 315 Å². The molecule has 114 heavy (non-hydrogen) atoms. The fourth-order valence-corrected chi connectivity index (χ4v) is 21.0. The molecule has 0 unspecified atom stereocenters. The number of hydrogen-bond acceptors (Lipinski definition) is 16. The van der Waals surface area contributed by atoms with Gasteiger partial charge in [-0.05, 0) is 83.9 Å². The Morgan fingerprint density at radius 2 is 0.535 bits per heavy atom. The van der Waals surface area contributed by atoms with E-state index in [9.17, 15) is 0 Å². The maximum atomic E-state index is 7.14. The second-order valence-corrected chi connectivity index (χ2v) is 32.6. The van der Waals surface area contributed by atoms with E-state index in [0.717, 1.165) is 145 Å². The van der Waals surface area contributed by atoms with Gasteiger partial charge in [0, 0.05) is 138 Å². The highest BCUT2D eigenvalue weighted by atomic mass is 32.1. The molecular weight excluding hydrogens is 1480 g/mol. The van der Waals surface area contributed by atoms with Gasteiger partial charge in [0.2, 0.25) is 0 Å². The predicted molar refractivity (Wildman–Crippen MR) is 470 cm³/mol. The third kappa shape index (κ3) is 10.4. The van der Waals surface area contributed by atoms with Gasteiger partial charge in [-0.15, -0.1) is 45.3 Å². The number of rotatable bonds is 11. The average molecular weight is 1530 g/mol. The van der Waals surface area contributed by atoms with E-state index >= 15 is 0 Å². The van der Waals surface area contributed by atoms with Crippen LogP contribution in [0, 0.1) is 0 Å². The molecule has 0 bridgehead atoms. The van der Waals surface area contributed by atoms with Crippen LogP contribution in [-0.4, -0.2) is 49.8 Å². The van der Waals surface area contributed by atoms with Gasteiger partial charge in [-0.1, -0.05) is 243 Å². The molecule has 10 aromatic heterocycles. The van der Waals surface area contributed by atoms with Gasteiger partial charge in [0.05, 0.1) is 31.8 Å². The first kappa shape index (κ1) is 64.5. The first-order valence-corrected chi connectivity index (χ1v) is 40.7. The summed E-state index contributed by atoms with van der Waals surface area (Å²) in [4.78, 5) is 53.9. The third-order valence-corrected chi connectivity index (χ3v) is 26.4. The zero-order chi connectivity index (χ0) is 74.6. The van der Waals surface area contributed by atoms with Gasteiger partial charge in [0.15, 0.2) is 46.6 Å².